The van der Waals surface area contributed by atoms with Gasteiger partial charge in [0, 0.05) is 37.0 Å². The topological polar surface area (TPSA) is 113 Å². The normalized spacial score (nSPS) is 13.5. The van der Waals surface area contributed by atoms with Crippen LogP contribution in [0.4, 0.5) is 5.00 Å². The van der Waals surface area contributed by atoms with Crippen LogP contribution >= 0.6 is 11.3 Å². The first-order valence-corrected chi connectivity index (χ1v) is 13.8. The van der Waals surface area contributed by atoms with Crippen LogP contribution in [0.3, 0.4) is 0 Å². The van der Waals surface area contributed by atoms with Crippen LogP contribution in [0.5, 0.6) is 0 Å². The first-order valence-electron chi connectivity index (χ1n) is 11.5. The number of benzene rings is 1. The molecule has 3 rings (SSSR count). The average Bonchev–Trinajstić information content (AvgIpc) is 3.20. The molecule has 0 spiro atoms. The molecule has 11 heteroatoms. The second-order valence-corrected chi connectivity index (χ2v) is 11.3. The minimum Gasteiger partial charge on any atom is -0.465 e. The molecule has 2 heterocycles. The molecule has 1 aliphatic rings. The molecule has 1 aromatic heterocycles. The fourth-order valence-corrected chi connectivity index (χ4v) is 6.90. The molecule has 1 aromatic carbocycles. The van der Waals surface area contributed by atoms with Gasteiger partial charge in [0.15, 0.2) is 0 Å². The zero-order valence-electron chi connectivity index (χ0n) is 20.4. The minimum absolute atomic E-state index is 0.0549. The summed E-state index contributed by atoms with van der Waals surface area (Å²) < 4.78 is 32.3. The van der Waals surface area contributed by atoms with Gasteiger partial charge in [0.05, 0.1) is 24.1 Å². The van der Waals surface area contributed by atoms with Crippen molar-refractivity contribution in [2.24, 2.45) is 0 Å². The Bertz CT molecular complexity index is 1200. The molecular weight excluding hydrogens is 490 g/mol. The van der Waals surface area contributed by atoms with Crippen LogP contribution in [0, 0.1) is 0 Å². The van der Waals surface area contributed by atoms with Crippen molar-refractivity contribution in [3.8, 4) is 0 Å². The van der Waals surface area contributed by atoms with Crippen LogP contribution in [0.15, 0.2) is 29.2 Å². The number of hydrogen-bond acceptors (Lipinski definition) is 7. The van der Waals surface area contributed by atoms with Gasteiger partial charge >= 0.3 is 5.97 Å². The lowest BCUT2D eigenvalue weighted by Crippen LogP contribution is -2.33. The molecule has 0 saturated carbocycles. The Morgan fingerprint density at radius 2 is 1.74 bits per heavy atom. The molecule has 0 aliphatic carbocycles. The summed E-state index contributed by atoms with van der Waals surface area (Å²) >= 11 is 1.24. The zero-order valence-corrected chi connectivity index (χ0v) is 22.1. The van der Waals surface area contributed by atoms with Crippen molar-refractivity contribution in [2.45, 2.75) is 51.5 Å². The van der Waals surface area contributed by atoms with E-state index < -0.39 is 21.9 Å². The molecule has 35 heavy (non-hydrogen) atoms. The van der Waals surface area contributed by atoms with Crippen molar-refractivity contribution in [1.29, 1.82) is 0 Å². The summed E-state index contributed by atoms with van der Waals surface area (Å²) in [5.41, 5.74) is 1.34. The number of carbonyl (C=O) groups excluding carboxylic acids is 3. The average molecular weight is 522 g/mol. The maximum Gasteiger partial charge on any atom is 0.341 e. The van der Waals surface area contributed by atoms with E-state index in [0.29, 0.717) is 56.0 Å². The first-order chi connectivity index (χ1) is 16.6. The van der Waals surface area contributed by atoms with E-state index in [1.54, 1.807) is 4.90 Å². The standard InChI is InChI=1S/C24H31N3O6S2/c1-5-12-27(13-6-2)35(31,32)18-9-7-17(8-10-18)22(29)25-23-21(24(30)33-4)19-11-14-26(16(3)28)15-20(19)34-23/h7-10H,5-6,11-15H2,1-4H3,(H,25,29). The molecule has 9 nitrogen and oxygen atoms in total. The van der Waals surface area contributed by atoms with Gasteiger partial charge in [-0.3, -0.25) is 9.59 Å². The third-order valence-corrected chi connectivity index (χ3v) is 8.86. The fraction of sp³-hybridized carbons (Fsp3) is 0.458. The van der Waals surface area contributed by atoms with Gasteiger partial charge in [-0.05, 0) is 49.1 Å². The summed E-state index contributed by atoms with van der Waals surface area (Å²) in [6, 6.07) is 5.77. The minimum atomic E-state index is -3.65. The highest BCUT2D eigenvalue weighted by Crippen LogP contribution is 2.38. The number of nitrogens with one attached hydrogen (secondary N) is 1. The van der Waals surface area contributed by atoms with Crippen molar-refractivity contribution < 1.29 is 27.5 Å². The number of hydrogen-bond donors (Lipinski definition) is 1. The van der Waals surface area contributed by atoms with Gasteiger partial charge in [0.1, 0.15) is 5.00 Å². The molecule has 0 atom stereocenters. The predicted octanol–water partition coefficient (Wildman–Crippen LogP) is 3.50. The number of carbonyl (C=O) groups is 3. The van der Waals surface area contributed by atoms with E-state index in [4.69, 9.17) is 4.74 Å². The fourth-order valence-electron chi connectivity index (χ4n) is 4.03. The first kappa shape index (κ1) is 26.8. The van der Waals surface area contributed by atoms with Crippen molar-refractivity contribution in [3.05, 3.63) is 45.8 Å². The molecule has 2 amide bonds. The van der Waals surface area contributed by atoms with Gasteiger partial charge in [0.2, 0.25) is 15.9 Å². The van der Waals surface area contributed by atoms with Crippen LogP contribution in [0.1, 0.15) is 64.8 Å². The third-order valence-electron chi connectivity index (χ3n) is 5.82. The lowest BCUT2D eigenvalue weighted by molar-refractivity contribution is -0.129. The smallest absolute Gasteiger partial charge is 0.341 e. The zero-order chi connectivity index (χ0) is 25.8. The summed E-state index contributed by atoms with van der Waals surface area (Å²) in [7, 11) is -2.37. The van der Waals surface area contributed by atoms with Crippen LogP contribution in [0.2, 0.25) is 0 Å². The summed E-state index contributed by atoms with van der Waals surface area (Å²) in [6.45, 7) is 7.06. The summed E-state index contributed by atoms with van der Waals surface area (Å²) in [4.78, 5) is 39.9. The van der Waals surface area contributed by atoms with E-state index in [1.807, 2.05) is 13.8 Å². The molecule has 2 aromatic rings. The maximum atomic E-state index is 13.0. The highest BCUT2D eigenvalue weighted by Gasteiger charge is 2.30. The van der Waals surface area contributed by atoms with E-state index in [1.165, 1.54) is 53.9 Å². The van der Waals surface area contributed by atoms with Crippen LogP contribution in [-0.2, 0) is 32.5 Å². The Morgan fingerprint density at radius 3 is 2.29 bits per heavy atom. The molecule has 1 aliphatic heterocycles. The lowest BCUT2D eigenvalue weighted by atomic mass is 10.0. The number of esters is 1. The molecule has 0 bridgehead atoms. The number of rotatable bonds is 9. The van der Waals surface area contributed by atoms with Crippen molar-refractivity contribution >= 4 is 44.1 Å². The number of fused-ring (bicyclic) bond motifs is 1. The molecule has 0 radical (unpaired) electrons. The molecule has 190 valence electrons. The Hall–Kier alpha value is -2.76. The van der Waals surface area contributed by atoms with E-state index in [9.17, 15) is 22.8 Å². The van der Waals surface area contributed by atoms with E-state index in [0.717, 1.165) is 10.4 Å². The largest absolute Gasteiger partial charge is 0.465 e. The van der Waals surface area contributed by atoms with Crippen LogP contribution < -0.4 is 5.32 Å². The van der Waals surface area contributed by atoms with Gasteiger partial charge < -0.3 is 15.0 Å². The van der Waals surface area contributed by atoms with Gasteiger partial charge in [-0.1, -0.05) is 13.8 Å². The van der Waals surface area contributed by atoms with Gasteiger partial charge in [-0.2, -0.15) is 4.31 Å². The molecular formula is C24H31N3O6S2. The maximum absolute atomic E-state index is 13.0. The van der Waals surface area contributed by atoms with Crippen LogP contribution in [-0.4, -0.2) is 62.2 Å². The Morgan fingerprint density at radius 1 is 1.11 bits per heavy atom. The number of nitrogens with zero attached hydrogens (tertiary/aromatic N) is 2. The molecule has 0 saturated heterocycles. The second-order valence-electron chi connectivity index (χ2n) is 8.27. The Kier molecular flexibility index (Phi) is 8.68. The molecule has 0 unspecified atom stereocenters. The summed E-state index contributed by atoms with van der Waals surface area (Å²) in [5, 5.41) is 3.13. The van der Waals surface area contributed by atoms with E-state index in [2.05, 4.69) is 5.32 Å². The molecule has 1 N–H and O–H groups in total. The van der Waals surface area contributed by atoms with Gasteiger partial charge in [0.25, 0.3) is 5.91 Å². The number of methoxy groups -OCH3 is 1. The predicted molar refractivity (Wildman–Crippen MR) is 134 cm³/mol. The number of anilines is 1. The summed E-state index contributed by atoms with van der Waals surface area (Å²) in [6.07, 6.45) is 1.90. The quantitative estimate of drug-likeness (QED) is 0.506. The SMILES string of the molecule is CCCN(CCC)S(=O)(=O)c1ccc(C(=O)Nc2sc3c(c2C(=O)OC)CCN(C(C)=O)C3)cc1. The molecule has 0 fully saturated rings. The number of thiophene rings is 1. The number of sulfonamides is 1. The highest BCUT2D eigenvalue weighted by atomic mass is 32.2. The van der Waals surface area contributed by atoms with Gasteiger partial charge in [-0.15, -0.1) is 11.3 Å². The Balaban J connectivity index is 1.85. The van der Waals surface area contributed by atoms with Crippen LogP contribution in [0.25, 0.3) is 0 Å². The summed E-state index contributed by atoms with van der Waals surface area (Å²) in [5.74, 6) is -1.08. The highest BCUT2D eigenvalue weighted by molar-refractivity contribution is 7.89. The third kappa shape index (κ3) is 5.74. The van der Waals surface area contributed by atoms with E-state index >= 15 is 0 Å². The second kappa shape index (κ2) is 11.3. The number of amides is 2. The Labute approximate surface area is 210 Å². The monoisotopic (exact) mass is 521 g/mol. The lowest BCUT2D eigenvalue weighted by Gasteiger charge is -2.25. The van der Waals surface area contributed by atoms with Crippen molar-refractivity contribution in [2.75, 3.05) is 32.1 Å². The van der Waals surface area contributed by atoms with Crippen molar-refractivity contribution in [3.63, 3.8) is 0 Å². The number of ether oxygens (including phenoxy) is 1. The van der Waals surface area contributed by atoms with Gasteiger partial charge in [-0.25, -0.2) is 13.2 Å². The van der Waals surface area contributed by atoms with E-state index in [-0.39, 0.29) is 16.4 Å². The van der Waals surface area contributed by atoms with Crippen molar-refractivity contribution in [1.82, 2.24) is 9.21 Å².